The third-order valence-electron chi connectivity index (χ3n) is 32.0. The largest absolute Gasteiger partial charge is 0.455 e. The highest BCUT2D eigenvalue weighted by Gasteiger charge is 2.54. The maximum Gasteiger partial charge on any atom is 0.143 e. The molecular formula is C134H101N3O. The average Bonchev–Trinajstić information content (AvgIpc) is 1.50. The van der Waals surface area contributed by atoms with E-state index in [0.717, 1.165) is 90.1 Å². The van der Waals surface area contributed by atoms with Crippen LogP contribution in [0.4, 0.5) is 34.1 Å². The van der Waals surface area contributed by atoms with Gasteiger partial charge in [0.25, 0.3) is 0 Å². The quantitative estimate of drug-likeness (QED) is 0.115. The van der Waals surface area contributed by atoms with Crippen LogP contribution in [0, 0.1) is 0 Å². The monoisotopic (exact) mass is 1770 g/mol. The van der Waals surface area contributed by atoms with Crippen LogP contribution >= 0.6 is 0 Å². The number of anilines is 6. The molecule has 5 aliphatic carbocycles. The predicted octanol–water partition coefficient (Wildman–Crippen LogP) is 35.2. The van der Waals surface area contributed by atoms with Gasteiger partial charge in [0.2, 0.25) is 0 Å². The molecule has 658 valence electrons. The van der Waals surface area contributed by atoms with Gasteiger partial charge in [0, 0.05) is 66.3 Å². The van der Waals surface area contributed by atoms with E-state index in [2.05, 4.69) is 513 Å². The zero-order valence-corrected chi connectivity index (χ0v) is 79.0. The Morgan fingerprint density at radius 3 is 1.34 bits per heavy atom. The molecule has 2 heterocycles. The molecule has 5 aliphatic rings. The van der Waals surface area contributed by atoms with E-state index in [1.165, 1.54) is 172 Å². The molecule has 0 N–H and O–H groups in total. The Kier molecular flexibility index (Phi) is 17.7. The fourth-order valence-corrected chi connectivity index (χ4v) is 25.8. The number of nitrogens with zero attached hydrogens (tertiary/aromatic N) is 3. The Balaban J connectivity index is 0.634. The van der Waals surface area contributed by atoms with E-state index >= 15 is 0 Å². The van der Waals surface area contributed by atoms with Crippen LogP contribution in [0.1, 0.15) is 146 Å². The summed E-state index contributed by atoms with van der Waals surface area (Å²) in [5.74, 6) is 0. The van der Waals surface area contributed by atoms with Gasteiger partial charge >= 0.3 is 0 Å². The molecular weight excluding hydrogens is 1670 g/mol. The first-order valence-corrected chi connectivity index (χ1v) is 49.0. The molecule has 27 rings (SSSR count). The highest BCUT2D eigenvalue weighted by Crippen LogP contribution is 2.67. The van der Waals surface area contributed by atoms with E-state index in [0.29, 0.717) is 0 Å². The minimum absolute atomic E-state index is 0.109. The minimum atomic E-state index is -0.790. The first-order valence-electron chi connectivity index (χ1n) is 49.0. The molecule has 138 heavy (non-hydrogen) atoms. The lowest BCUT2D eigenvalue weighted by atomic mass is 9.67. The molecule has 20 aromatic carbocycles. The molecule has 4 heteroatoms. The lowest BCUT2D eigenvalue weighted by Crippen LogP contribution is -2.29. The van der Waals surface area contributed by atoms with Gasteiger partial charge in [-0.3, -0.25) is 0 Å². The summed E-state index contributed by atoms with van der Waals surface area (Å²) in [4.78, 5) is 5.16. The molecule has 0 fully saturated rings. The topological polar surface area (TPSA) is 24.6 Å². The maximum absolute atomic E-state index is 7.24. The van der Waals surface area contributed by atoms with E-state index in [4.69, 9.17) is 4.42 Å². The normalized spacial score (nSPS) is 15.8. The van der Waals surface area contributed by atoms with Crippen molar-refractivity contribution in [1.82, 2.24) is 4.57 Å². The van der Waals surface area contributed by atoms with Crippen molar-refractivity contribution in [1.29, 1.82) is 0 Å². The zero-order valence-electron chi connectivity index (χ0n) is 79.0. The van der Waals surface area contributed by atoms with Crippen molar-refractivity contribution in [2.45, 2.75) is 101 Å². The first-order chi connectivity index (χ1) is 67.3. The van der Waals surface area contributed by atoms with E-state index in [1.54, 1.807) is 0 Å². The molecule has 0 saturated heterocycles. The summed E-state index contributed by atoms with van der Waals surface area (Å²) in [6, 6.07) is 167. The summed E-state index contributed by atoms with van der Waals surface area (Å²) < 4.78 is 9.70. The average molecular weight is 1770 g/mol. The lowest BCUT2D eigenvalue weighted by molar-refractivity contribution is 0.582. The summed E-state index contributed by atoms with van der Waals surface area (Å²) in [6.45, 7) is 21.5. The number of para-hydroxylation sites is 4. The maximum atomic E-state index is 7.24. The fraction of sp³-hybridized carbons (Fsp3) is 0.119. The van der Waals surface area contributed by atoms with Gasteiger partial charge in [0.1, 0.15) is 11.2 Å². The van der Waals surface area contributed by atoms with Crippen LogP contribution in [0.5, 0.6) is 0 Å². The van der Waals surface area contributed by atoms with Gasteiger partial charge in [-0.15, -0.1) is 0 Å². The minimum Gasteiger partial charge on any atom is -0.455 e. The SMILES string of the molecule is CC(C)(C)c1ccc2c(c1)C1(c3ccccc3-c3ccc(N(c4ccccc4-c4cccc5c4-c4ccccc4C5(C)Cc4cccc(C5(c6ccccc6)c6ccccc6-c6ccc(N(c7cccc(-n8c9ccccc9c9ccccc98)c7)c7ccccc7-c7cccc8c7-c7ccccc7C8(C)C)cc65)c4)c4cccc5oc6c7ccccc7ccc6c45)cc31)c1cc(C(C)(C)C)ccc1-2. The van der Waals surface area contributed by atoms with Crippen LogP contribution in [0.25, 0.3) is 138 Å². The molecule has 4 nitrogen and oxygen atoms in total. The third kappa shape index (κ3) is 11.6. The van der Waals surface area contributed by atoms with Crippen LogP contribution in [-0.4, -0.2) is 4.57 Å². The second-order valence-corrected chi connectivity index (χ2v) is 41.8. The number of hydrogen-bond acceptors (Lipinski definition) is 3. The first kappa shape index (κ1) is 81.4. The zero-order chi connectivity index (χ0) is 92.6. The van der Waals surface area contributed by atoms with Gasteiger partial charge in [-0.25, -0.2) is 0 Å². The molecule has 22 aromatic rings. The van der Waals surface area contributed by atoms with Crippen molar-refractivity contribution < 1.29 is 4.42 Å². The van der Waals surface area contributed by atoms with Crippen LogP contribution in [0.3, 0.4) is 0 Å². The summed E-state index contributed by atoms with van der Waals surface area (Å²) in [5, 5.41) is 6.83. The summed E-state index contributed by atoms with van der Waals surface area (Å²) in [6.07, 6.45) is 0.726. The van der Waals surface area contributed by atoms with Gasteiger partial charge in [-0.05, 0) is 258 Å². The molecule has 2 atom stereocenters. The van der Waals surface area contributed by atoms with Gasteiger partial charge < -0.3 is 18.8 Å². The summed E-state index contributed by atoms with van der Waals surface area (Å²) in [5.41, 5.74) is 45.9. The standard InChI is InChI=1S/C134H101N3O/c1-129(2,3)86-67-72-96-97-73-68-87(130(4,5)6)78-116(97)134(115(96)77-86)112-57-26-16-45-95(112)99-75-70-92(81-118(99)134)137(123-64-35-65-124-127(123)108-71-66-84-37-13-14-43-93(84)128(108)138-124)122-63-30-22-49-103(122)105-53-34-59-114-126(105)107-51-18-24-55-110(107)132(114,9)82-83-36-31-40-88(76-83)133(85-38-11-10-12-39-85)111-56-25-15-44-94(111)98-74-69-91(80-117(98)133)135(89-41-32-42-90(79-89)136-120-61-28-19-46-100(120)101-47-20-29-62-121(101)136)119-60-27-21-48-102(119)104-52-33-58-113-125(104)106-50-17-23-54-109(106)131(113,7)8/h10-81H,82H2,1-9H3. The van der Waals surface area contributed by atoms with Crippen molar-refractivity contribution in [3.05, 3.63) is 520 Å². The Hall–Kier alpha value is -16.1. The lowest BCUT2D eigenvalue weighted by Gasteiger charge is -2.36. The van der Waals surface area contributed by atoms with Crippen LogP contribution in [0.15, 0.2) is 441 Å². The molecule has 0 bridgehead atoms. The van der Waals surface area contributed by atoms with Gasteiger partial charge in [-0.1, -0.05) is 414 Å². The van der Waals surface area contributed by atoms with E-state index in [-0.39, 0.29) is 16.2 Å². The van der Waals surface area contributed by atoms with E-state index in [1.807, 2.05) is 0 Å². The van der Waals surface area contributed by atoms with Crippen molar-refractivity contribution in [3.63, 3.8) is 0 Å². The number of aromatic nitrogens is 1. The molecule has 0 aliphatic heterocycles. The molecule has 2 unspecified atom stereocenters. The van der Waals surface area contributed by atoms with Gasteiger partial charge in [0.15, 0.2) is 0 Å². The number of benzene rings is 20. The third-order valence-corrected chi connectivity index (χ3v) is 32.0. The van der Waals surface area contributed by atoms with Gasteiger partial charge in [0.05, 0.1) is 44.3 Å². The van der Waals surface area contributed by atoms with Crippen LogP contribution in [-0.2, 0) is 38.9 Å². The Labute approximate surface area is 806 Å². The van der Waals surface area contributed by atoms with Crippen molar-refractivity contribution in [3.8, 4) is 83.6 Å². The second-order valence-electron chi connectivity index (χ2n) is 41.8. The van der Waals surface area contributed by atoms with Crippen molar-refractivity contribution >= 4 is 88.6 Å². The van der Waals surface area contributed by atoms with Crippen molar-refractivity contribution in [2.24, 2.45) is 0 Å². The molecule has 0 saturated carbocycles. The Morgan fingerprint density at radius 2 is 0.703 bits per heavy atom. The predicted molar refractivity (Wildman–Crippen MR) is 576 cm³/mol. The van der Waals surface area contributed by atoms with E-state index < -0.39 is 16.2 Å². The Bertz CT molecular complexity index is 8800. The number of hydrogen-bond donors (Lipinski definition) is 0. The molecule has 0 radical (unpaired) electrons. The van der Waals surface area contributed by atoms with Crippen LogP contribution < -0.4 is 9.80 Å². The summed E-state index contributed by atoms with van der Waals surface area (Å²) >= 11 is 0. The van der Waals surface area contributed by atoms with Crippen LogP contribution in [0.2, 0.25) is 0 Å². The number of furan rings is 1. The second kappa shape index (κ2) is 29.9. The highest BCUT2D eigenvalue weighted by atomic mass is 16.3. The number of rotatable bonds is 13. The number of fused-ring (bicyclic) bond motifs is 27. The molecule has 2 aromatic heterocycles. The molecule has 1 spiro atoms. The highest BCUT2D eigenvalue weighted by molar-refractivity contribution is 6.20. The smallest absolute Gasteiger partial charge is 0.143 e. The summed E-state index contributed by atoms with van der Waals surface area (Å²) in [7, 11) is 0. The van der Waals surface area contributed by atoms with Crippen molar-refractivity contribution in [2.75, 3.05) is 9.80 Å². The Morgan fingerprint density at radius 1 is 0.268 bits per heavy atom. The molecule has 0 amide bonds. The fourth-order valence-electron chi connectivity index (χ4n) is 25.8. The van der Waals surface area contributed by atoms with Gasteiger partial charge in [-0.2, -0.15) is 0 Å². The van der Waals surface area contributed by atoms with E-state index in [9.17, 15) is 0 Å².